The maximum absolute atomic E-state index is 13.1. The van der Waals surface area contributed by atoms with Crippen molar-refractivity contribution >= 4 is 52.0 Å². The van der Waals surface area contributed by atoms with Crippen LogP contribution in [0.1, 0.15) is 62.1 Å². The van der Waals surface area contributed by atoms with Gasteiger partial charge in [0.05, 0.1) is 28.9 Å². The van der Waals surface area contributed by atoms with Crippen LogP contribution in [-0.4, -0.2) is 74.0 Å². The van der Waals surface area contributed by atoms with Gasteiger partial charge in [-0.15, -0.1) is 0 Å². The number of hydrogen-bond acceptors (Lipinski definition) is 8. The first-order chi connectivity index (χ1) is 23.2. The van der Waals surface area contributed by atoms with Crippen molar-refractivity contribution in [1.29, 1.82) is 0 Å². The molecule has 1 atom stereocenters. The van der Waals surface area contributed by atoms with E-state index >= 15 is 0 Å². The fourth-order valence-electron chi connectivity index (χ4n) is 6.10. The summed E-state index contributed by atoms with van der Waals surface area (Å²) >= 11 is 0. The van der Waals surface area contributed by atoms with Crippen LogP contribution in [0.25, 0.3) is 21.9 Å². The Balaban J connectivity index is 1.02. The molecule has 1 unspecified atom stereocenters. The lowest BCUT2D eigenvalue weighted by atomic mass is 10.1. The highest BCUT2D eigenvalue weighted by molar-refractivity contribution is 6.22. The van der Waals surface area contributed by atoms with Crippen molar-refractivity contribution in [3.05, 3.63) is 107 Å². The van der Waals surface area contributed by atoms with E-state index < -0.39 is 29.7 Å². The highest BCUT2D eigenvalue weighted by Gasteiger charge is 2.38. The van der Waals surface area contributed by atoms with Gasteiger partial charge in [0.25, 0.3) is 17.7 Å². The molecule has 0 aliphatic carbocycles. The lowest BCUT2D eigenvalue weighted by Crippen LogP contribution is -2.38. The Labute approximate surface area is 276 Å². The number of benzene rings is 2. The first-order valence-electron chi connectivity index (χ1n) is 15.7. The molecule has 4 heterocycles. The summed E-state index contributed by atoms with van der Waals surface area (Å²) in [6.45, 7) is 4.14. The molecule has 0 bridgehead atoms. The van der Waals surface area contributed by atoms with Crippen LogP contribution in [0.2, 0.25) is 0 Å². The average molecular weight is 646 g/mol. The maximum atomic E-state index is 13.1. The molecule has 2 aromatic carbocycles. The SMILES string of the molecule is CC(CCC(=O)NC=O)N1C(=O)c2ccc(C(=O)NCc3ccc(CN(C)CCn4c5ccccc5c5cccnc54)cn3)cc2C1=O. The Morgan fingerprint density at radius 1 is 0.958 bits per heavy atom. The van der Waals surface area contributed by atoms with Crippen molar-refractivity contribution in [3.8, 4) is 0 Å². The first-order valence-corrected chi connectivity index (χ1v) is 15.7. The second kappa shape index (κ2) is 13.9. The van der Waals surface area contributed by atoms with E-state index in [0.29, 0.717) is 18.6 Å². The van der Waals surface area contributed by atoms with Gasteiger partial charge in [0.15, 0.2) is 0 Å². The summed E-state index contributed by atoms with van der Waals surface area (Å²) in [6, 6.07) is 20.1. The van der Waals surface area contributed by atoms with Crippen LogP contribution in [0.4, 0.5) is 0 Å². The van der Waals surface area contributed by atoms with Crippen molar-refractivity contribution in [2.24, 2.45) is 0 Å². The highest BCUT2D eigenvalue weighted by Crippen LogP contribution is 2.28. The number of carbonyl (C=O) groups excluding carboxylic acids is 5. The Hall–Kier alpha value is -5.75. The molecule has 12 nitrogen and oxygen atoms in total. The van der Waals surface area contributed by atoms with Crippen LogP contribution in [0.15, 0.2) is 79.1 Å². The van der Waals surface area contributed by atoms with Crippen molar-refractivity contribution in [2.45, 2.75) is 45.4 Å². The van der Waals surface area contributed by atoms with Crippen molar-refractivity contribution in [3.63, 3.8) is 0 Å². The lowest BCUT2D eigenvalue weighted by molar-refractivity contribution is -0.125. The van der Waals surface area contributed by atoms with Gasteiger partial charge in [-0.25, -0.2) is 4.98 Å². The van der Waals surface area contributed by atoms with E-state index in [1.807, 2.05) is 41.8 Å². The molecule has 5 aromatic rings. The van der Waals surface area contributed by atoms with E-state index in [0.717, 1.165) is 34.6 Å². The number of aromatic nitrogens is 3. The van der Waals surface area contributed by atoms with E-state index in [1.54, 1.807) is 13.1 Å². The number of amides is 5. The average Bonchev–Trinajstić information content (AvgIpc) is 3.55. The summed E-state index contributed by atoms with van der Waals surface area (Å²) in [6.07, 6.45) is 4.10. The number of para-hydroxylation sites is 1. The van der Waals surface area contributed by atoms with Crippen LogP contribution in [0, 0.1) is 0 Å². The topological polar surface area (TPSA) is 147 Å². The summed E-state index contributed by atoms with van der Waals surface area (Å²) < 4.78 is 2.26. The predicted molar refractivity (Wildman–Crippen MR) is 179 cm³/mol. The summed E-state index contributed by atoms with van der Waals surface area (Å²) in [5.41, 5.74) is 4.44. The fraction of sp³-hybridized carbons (Fsp3) is 0.250. The van der Waals surface area contributed by atoms with Crippen molar-refractivity contribution < 1.29 is 24.0 Å². The Bertz CT molecular complexity index is 1990. The molecule has 12 heteroatoms. The minimum atomic E-state index is -0.571. The predicted octanol–water partition coefficient (Wildman–Crippen LogP) is 3.68. The quantitative estimate of drug-likeness (QED) is 0.146. The lowest BCUT2D eigenvalue weighted by Gasteiger charge is -2.22. The minimum absolute atomic E-state index is 0.0196. The summed E-state index contributed by atoms with van der Waals surface area (Å²) in [4.78, 5) is 73.5. The molecule has 0 radical (unpaired) electrons. The largest absolute Gasteiger partial charge is 0.346 e. The monoisotopic (exact) mass is 645 g/mol. The van der Waals surface area contributed by atoms with Gasteiger partial charge >= 0.3 is 0 Å². The number of hydrogen-bond donors (Lipinski definition) is 2. The van der Waals surface area contributed by atoms with Gasteiger partial charge in [-0.2, -0.15) is 0 Å². The maximum Gasteiger partial charge on any atom is 0.261 e. The van der Waals surface area contributed by atoms with Gasteiger partial charge in [-0.3, -0.25) is 39.2 Å². The third-order valence-electron chi connectivity index (χ3n) is 8.63. The van der Waals surface area contributed by atoms with Gasteiger partial charge in [0.2, 0.25) is 12.3 Å². The molecule has 6 rings (SSSR count). The van der Waals surface area contributed by atoms with Crippen molar-refractivity contribution in [1.82, 2.24) is 35.0 Å². The highest BCUT2D eigenvalue weighted by atomic mass is 16.2. The van der Waals surface area contributed by atoms with Crippen LogP contribution in [0.5, 0.6) is 0 Å². The van der Waals surface area contributed by atoms with Gasteiger partial charge in [0.1, 0.15) is 5.65 Å². The number of nitrogens with zero attached hydrogens (tertiary/aromatic N) is 5. The molecule has 244 valence electrons. The number of imide groups is 2. The summed E-state index contributed by atoms with van der Waals surface area (Å²) in [5.74, 6) is -1.90. The second-order valence-electron chi connectivity index (χ2n) is 11.9. The Morgan fingerprint density at radius 2 is 1.75 bits per heavy atom. The molecule has 0 saturated carbocycles. The molecule has 0 spiro atoms. The Kier molecular flexibility index (Phi) is 9.35. The van der Waals surface area contributed by atoms with E-state index in [4.69, 9.17) is 0 Å². The van der Waals surface area contributed by atoms with Crippen LogP contribution in [0.3, 0.4) is 0 Å². The first kappa shape index (κ1) is 32.2. The molecule has 1 aliphatic rings. The van der Waals surface area contributed by atoms with Gasteiger partial charge < -0.3 is 14.8 Å². The Morgan fingerprint density at radius 3 is 2.54 bits per heavy atom. The van der Waals surface area contributed by atoms with Gasteiger partial charge in [-0.05, 0) is 68.4 Å². The molecule has 0 saturated heterocycles. The van der Waals surface area contributed by atoms with E-state index in [2.05, 4.69) is 50.0 Å². The zero-order chi connectivity index (χ0) is 33.8. The molecular weight excluding hydrogens is 610 g/mol. The third kappa shape index (κ3) is 6.56. The molecule has 5 amide bonds. The second-order valence-corrected chi connectivity index (χ2v) is 11.9. The minimum Gasteiger partial charge on any atom is -0.346 e. The number of pyridine rings is 2. The molecule has 0 fully saturated rings. The van der Waals surface area contributed by atoms with E-state index in [-0.39, 0.29) is 36.1 Å². The van der Waals surface area contributed by atoms with Crippen molar-refractivity contribution in [2.75, 3.05) is 13.6 Å². The number of rotatable bonds is 13. The van der Waals surface area contributed by atoms with Crippen LogP contribution < -0.4 is 10.6 Å². The number of fused-ring (bicyclic) bond motifs is 4. The van der Waals surface area contributed by atoms with E-state index in [9.17, 15) is 24.0 Å². The zero-order valence-corrected chi connectivity index (χ0v) is 26.7. The van der Waals surface area contributed by atoms with E-state index in [1.165, 1.54) is 29.1 Å². The molecule has 3 aromatic heterocycles. The van der Waals surface area contributed by atoms with Crippen LogP contribution in [-0.2, 0) is 29.2 Å². The van der Waals surface area contributed by atoms with Gasteiger partial charge in [-0.1, -0.05) is 24.3 Å². The van der Waals surface area contributed by atoms with Crippen LogP contribution >= 0.6 is 0 Å². The van der Waals surface area contributed by atoms with Gasteiger partial charge in [0, 0.05) is 60.8 Å². The molecule has 2 N–H and O–H groups in total. The molecular formula is C36H35N7O5. The third-order valence-corrected chi connectivity index (χ3v) is 8.63. The molecule has 48 heavy (non-hydrogen) atoms. The zero-order valence-electron chi connectivity index (χ0n) is 26.7. The number of carbonyl (C=O) groups is 5. The fourth-order valence-corrected chi connectivity index (χ4v) is 6.10. The normalized spacial score (nSPS) is 13.3. The summed E-state index contributed by atoms with van der Waals surface area (Å²) in [7, 11) is 2.07. The smallest absolute Gasteiger partial charge is 0.261 e. The summed E-state index contributed by atoms with van der Waals surface area (Å²) in [5, 5.41) is 7.22. The number of nitrogens with one attached hydrogen (secondary N) is 2. The standard InChI is InChI=1S/C36H35N7O5/c1-23(9-14-32(45)40-22-44)43-35(47)29-13-11-25(18-30(29)36(43)48)34(46)39-20-26-12-10-24(19-38-26)21-41(2)16-17-42-31-8-4-3-6-27(31)28-7-5-15-37-33(28)42/h3-8,10-13,15,18-19,22-23H,9,14,16-17,20-21H2,1-2H3,(H,39,46)(H,40,44,45). The number of likely N-dealkylation sites (N-methyl/N-ethyl adjacent to an activating group) is 1. The molecule has 1 aliphatic heterocycles.